The molecule has 0 saturated heterocycles. The predicted molar refractivity (Wildman–Crippen MR) is 82.5 cm³/mol. The van der Waals surface area contributed by atoms with Gasteiger partial charge in [-0.05, 0) is 24.1 Å². The van der Waals surface area contributed by atoms with Crippen LogP contribution < -0.4 is 0 Å². The molecule has 5 heteroatoms. The third-order valence-electron chi connectivity index (χ3n) is 3.76. The zero-order chi connectivity index (χ0) is 16.4. The van der Waals surface area contributed by atoms with Crippen LogP contribution >= 0.6 is 0 Å². The van der Waals surface area contributed by atoms with Gasteiger partial charge in [0.05, 0.1) is 11.8 Å². The van der Waals surface area contributed by atoms with Crippen LogP contribution in [0.4, 0.5) is 8.78 Å². The largest absolute Gasteiger partial charge is 0.469 e. The molecule has 0 fully saturated rings. The van der Waals surface area contributed by atoms with E-state index in [0.29, 0.717) is 18.1 Å². The number of furan rings is 1. The first-order valence-electron chi connectivity index (χ1n) is 7.41. The van der Waals surface area contributed by atoms with Crippen molar-refractivity contribution in [2.24, 2.45) is 0 Å². The van der Waals surface area contributed by atoms with Crippen molar-refractivity contribution in [3.63, 3.8) is 0 Å². The van der Waals surface area contributed by atoms with E-state index in [4.69, 9.17) is 8.83 Å². The van der Waals surface area contributed by atoms with Gasteiger partial charge in [0.2, 0.25) is 0 Å². The Morgan fingerprint density at radius 3 is 2.61 bits per heavy atom. The fraction of sp³-hybridized carbons (Fsp3) is 0.278. The summed E-state index contributed by atoms with van der Waals surface area (Å²) in [6, 6.07) is 9.39. The summed E-state index contributed by atoms with van der Waals surface area (Å²) < 4.78 is 35.8. The lowest BCUT2D eigenvalue weighted by Gasteiger charge is -2.09. The van der Waals surface area contributed by atoms with Crippen molar-refractivity contribution >= 4 is 0 Å². The SMILES string of the molecule is Cc1nc(-c2cccc(CC(C)c3cc(C(F)F)co3)c2)co1. The first-order valence-corrected chi connectivity index (χ1v) is 7.41. The third kappa shape index (κ3) is 3.50. The second-order valence-corrected chi connectivity index (χ2v) is 5.64. The molecule has 1 unspecified atom stereocenters. The minimum absolute atomic E-state index is 0.0109. The molecule has 0 bridgehead atoms. The van der Waals surface area contributed by atoms with Gasteiger partial charge < -0.3 is 8.83 Å². The summed E-state index contributed by atoms with van der Waals surface area (Å²) in [6.45, 7) is 3.76. The number of rotatable bonds is 5. The Balaban J connectivity index is 1.77. The lowest BCUT2D eigenvalue weighted by Crippen LogP contribution is -1.97. The highest BCUT2D eigenvalue weighted by molar-refractivity contribution is 5.58. The van der Waals surface area contributed by atoms with E-state index in [9.17, 15) is 8.78 Å². The average Bonchev–Trinajstić information content (AvgIpc) is 3.16. The van der Waals surface area contributed by atoms with E-state index in [1.807, 2.05) is 31.2 Å². The summed E-state index contributed by atoms with van der Waals surface area (Å²) in [5.74, 6) is 1.20. The second kappa shape index (κ2) is 6.36. The van der Waals surface area contributed by atoms with Gasteiger partial charge in [-0.15, -0.1) is 0 Å². The van der Waals surface area contributed by atoms with Gasteiger partial charge in [0.25, 0.3) is 6.43 Å². The Labute approximate surface area is 133 Å². The zero-order valence-corrected chi connectivity index (χ0v) is 12.9. The lowest BCUT2D eigenvalue weighted by atomic mass is 9.97. The van der Waals surface area contributed by atoms with Crippen LogP contribution in [0.5, 0.6) is 0 Å². The minimum atomic E-state index is -2.50. The Morgan fingerprint density at radius 1 is 1.13 bits per heavy atom. The number of aromatic nitrogens is 1. The van der Waals surface area contributed by atoms with Gasteiger partial charge in [-0.2, -0.15) is 0 Å². The van der Waals surface area contributed by atoms with Gasteiger partial charge in [-0.1, -0.05) is 25.1 Å². The number of oxazole rings is 1. The topological polar surface area (TPSA) is 39.2 Å². The molecule has 3 rings (SSSR count). The summed E-state index contributed by atoms with van der Waals surface area (Å²) in [5, 5.41) is 0. The molecule has 3 aromatic rings. The van der Waals surface area contributed by atoms with Crippen LogP contribution in [0.2, 0.25) is 0 Å². The van der Waals surface area contributed by atoms with Gasteiger partial charge in [0.15, 0.2) is 5.89 Å². The summed E-state index contributed by atoms with van der Waals surface area (Å²) in [5.41, 5.74) is 2.78. The van der Waals surface area contributed by atoms with Crippen molar-refractivity contribution in [3.05, 3.63) is 65.6 Å². The number of hydrogen-bond acceptors (Lipinski definition) is 3. The Kier molecular flexibility index (Phi) is 4.28. The van der Waals surface area contributed by atoms with Crippen LogP contribution in [0.3, 0.4) is 0 Å². The summed E-state index contributed by atoms with van der Waals surface area (Å²) in [4.78, 5) is 4.31. The first kappa shape index (κ1) is 15.5. The summed E-state index contributed by atoms with van der Waals surface area (Å²) >= 11 is 0. The predicted octanol–water partition coefficient (Wildman–Crippen LogP) is 5.53. The summed E-state index contributed by atoms with van der Waals surface area (Å²) in [6.07, 6.45) is 0.948. The average molecular weight is 317 g/mol. The van der Waals surface area contributed by atoms with Gasteiger partial charge in [0, 0.05) is 18.4 Å². The van der Waals surface area contributed by atoms with E-state index in [0.717, 1.165) is 23.1 Å². The van der Waals surface area contributed by atoms with Crippen molar-refractivity contribution in [2.75, 3.05) is 0 Å². The maximum Gasteiger partial charge on any atom is 0.266 e. The monoisotopic (exact) mass is 317 g/mol. The molecule has 0 spiro atoms. The number of alkyl halides is 2. The number of halogens is 2. The molecule has 0 N–H and O–H groups in total. The van der Waals surface area contributed by atoms with E-state index in [1.54, 1.807) is 13.2 Å². The van der Waals surface area contributed by atoms with E-state index in [1.165, 1.54) is 6.07 Å². The van der Waals surface area contributed by atoms with Gasteiger partial charge in [-0.25, -0.2) is 13.8 Å². The molecule has 0 aliphatic heterocycles. The first-order chi connectivity index (χ1) is 11.0. The fourth-order valence-corrected chi connectivity index (χ4v) is 2.55. The van der Waals surface area contributed by atoms with Gasteiger partial charge in [0.1, 0.15) is 17.7 Å². The van der Waals surface area contributed by atoms with Crippen molar-refractivity contribution in [1.29, 1.82) is 0 Å². The molecule has 0 amide bonds. The van der Waals surface area contributed by atoms with Crippen LogP contribution in [0, 0.1) is 6.92 Å². The lowest BCUT2D eigenvalue weighted by molar-refractivity contribution is 0.150. The maximum absolute atomic E-state index is 12.6. The molecule has 120 valence electrons. The van der Waals surface area contributed by atoms with E-state index >= 15 is 0 Å². The molecule has 2 aromatic heterocycles. The standard InChI is InChI=1S/C18H17F2NO2/c1-11(17-8-15(9-23-17)18(19)20)6-13-4-3-5-14(7-13)16-10-22-12(2)21-16/h3-5,7-11,18H,6H2,1-2H3. The molecule has 0 radical (unpaired) electrons. The fourth-order valence-electron chi connectivity index (χ4n) is 2.55. The molecule has 3 nitrogen and oxygen atoms in total. The highest BCUT2D eigenvalue weighted by Crippen LogP contribution is 2.28. The van der Waals surface area contributed by atoms with Gasteiger partial charge >= 0.3 is 0 Å². The second-order valence-electron chi connectivity index (χ2n) is 5.64. The van der Waals surface area contributed by atoms with Crippen LogP contribution in [0.1, 0.15) is 42.0 Å². The van der Waals surface area contributed by atoms with Crippen LogP contribution in [0.25, 0.3) is 11.3 Å². The van der Waals surface area contributed by atoms with Crippen molar-refractivity contribution in [1.82, 2.24) is 4.98 Å². The third-order valence-corrected chi connectivity index (χ3v) is 3.76. The highest BCUT2D eigenvalue weighted by Gasteiger charge is 2.16. The Hall–Kier alpha value is -2.43. The Bertz CT molecular complexity index is 792. The van der Waals surface area contributed by atoms with Crippen molar-refractivity contribution in [3.8, 4) is 11.3 Å². The van der Waals surface area contributed by atoms with Crippen molar-refractivity contribution < 1.29 is 17.6 Å². The van der Waals surface area contributed by atoms with Crippen LogP contribution in [0.15, 0.2) is 51.7 Å². The van der Waals surface area contributed by atoms with Crippen molar-refractivity contribution in [2.45, 2.75) is 32.6 Å². The molecule has 23 heavy (non-hydrogen) atoms. The van der Waals surface area contributed by atoms with E-state index < -0.39 is 6.43 Å². The highest BCUT2D eigenvalue weighted by atomic mass is 19.3. The normalized spacial score (nSPS) is 12.7. The molecule has 1 aromatic carbocycles. The number of aryl methyl sites for hydroxylation is 1. The smallest absolute Gasteiger partial charge is 0.266 e. The van der Waals surface area contributed by atoms with E-state index in [2.05, 4.69) is 4.98 Å². The maximum atomic E-state index is 12.6. The van der Waals surface area contributed by atoms with Crippen LogP contribution in [-0.4, -0.2) is 4.98 Å². The van der Waals surface area contributed by atoms with Gasteiger partial charge in [-0.3, -0.25) is 0 Å². The Morgan fingerprint density at radius 2 is 1.96 bits per heavy atom. The molecule has 1 atom stereocenters. The number of hydrogen-bond donors (Lipinski definition) is 0. The molecule has 0 aliphatic carbocycles. The quantitative estimate of drug-likeness (QED) is 0.621. The molecule has 0 aliphatic rings. The molecular weight excluding hydrogens is 300 g/mol. The molecular formula is C18H17F2NO2. The van der Waals surface area contributed by atoms with E-state index in [-0.39, 0.29) is 11.5 Å². The number of nitrogens with zero attached hydrogens (tertiary/aromatic N) is 1. The minimum Gasteiger partial charge on any atom is -0.469 e. The molecule has 0 saturated carbocycles. The van der Waals surface area contributed by atoms with Crippen LogP contribution in [-0.2, 0) is 6.42 Å². The summed E-state index contributed by atoms with van der Waals surface area (Å²) in [7, 11) is 0. The number of benzene rings is 1. The zero-order valence-electron chi connectivity index (χ0n) is 12.9. The molecule has 2 heterocycles.